The van der Waals surface area contributed by atoms with Gasteiger partial charge in [0.15, 0.2) is 0 Å². The normalized spacial score (nSPS) is 10.4. The topological polar surface area (TPSA) is 47.6 Å². The van der Waals surface area contributed by atoms with E-state index >= 15 is 0 Å². The molecule has 0 unspecified atom stereocenters. The quantitative estimate of drug-likeness (QED) is 0.599. The van der Waals surface area contributed by atoms with Crippen LogP contribution < -0.4 is 14.8 Å². The largest absolute Gasteiger partial charge is 0.495 e. The van der Waals surface area contributed by atoms with E-state index in [1.807, 2.05) is 6.92 Å². The molecular formula is C18H18Cl3NO3. The second-order valence-electron chi connectivity index (χ2n) is 5.38. The Morgan fingerprint density at radius 1 is 1.08 bits per heavy atom. The number of amides is 1. The predicted octanol–water partition coefficient (Wildman–Crippen LogP) is 5.76. The minimum atomic E-state index is -0.133. The molecular weight excluding hydrogens is 385 g/mol. The van der Waals surface area contributed by atoms with Crippen molar-refractivity contribution in [2.75, 3.05) is 19.0 Å². The summed E-state index contributed by atoms with van der Waals surface area (Å²) in [6.45, 7) is 2.23. The molecule has 0 radical (unpaired) electrons. The lowest BCUT2D eigenvalue weighted by atomic mass is 10.2. The lowest BCUT2D eigenvalue weighted by molar-refractivity contribution is -0.116. The molecule has 0 saturated heterocycles. The summed E-state index contributed by atoms with van der Waals surface area (Å²) in [5, 5.41) is 4.40. The molecule has 0 fully saturated rings. The van der Waals surface area contributed by atoms with E-state index in [0.717, 1.165) is 5.56 Å². The van der Waals surface area contributed by atoms with Crippen LogP contribution in [0.15, 0.2) is 30.3 Å². The molecule has 0 spiro atoms. The summed E-state index contributed by atoms with van der Waals surface area (Å²) in [5.74, 6) is 0.931. The van der Waals surface area contributed by atoms with Crippen molar-refractivity contribution in [2.45, 2.75) is 19.8 Å². The summed E-state index contributed by atoms with van der Waals surface area (Å²) in [6.07, 6.45) is 0.843. The molecule has 2 aromatic rings. The van der Waals surface area contributed by atoms with Crippen LogP contribution in [0, 0.1) is 6.92 Å². The molecule has 0 aliphatic carbocycles. The van der Waals surface area contributed by atoms with Crippen molar-refractivity contribution in [2.24, 2.45) is 0 Å². The zero-order valence-electron chi connectivity index (χ0n) is 13.9. The number of rotatable bonds is 7. The van der Waals surface area contributed by atoms with E-state index < -0.39 is 0 Å². The third-order valence-corrected chi connectivity index (χ3v) is 4.39. The lowest BCUT2D eigenvalue weighted by Gasteiger charge is -2.12. The van der Waals surface area contributed by atoms with Crippen LogP contribution in [0.4, 0.5) is 5.69 Å². The van der Waals surface area contributed by atoms with Gasteiger partial charge in [-0.1, -0.05) is 34.8 Å². The van der Waals surface area contributed by atoms with Gasteiger partial charge in [0.25, 0.3) is 0 Å². The number of nitrogens with one attached hydrogen (secondary N) is 1. The van der Waals surface area contributed by atoms with E-state index in [0.29, 0.717) is 51.7 Å². The van der Waals surface area contributed by atoms with Crippen LogP contribution in [0.1, 0.15) is 18.4 Å². The fourth-order valence-corrected chi connectivity index (χ4v) is 2.77. The first kappa shape index (κ1) is 19.7. The van der Waals surface area contributed by atoms with Crippen LogP contribution in [0.2, 0.25) is 15.1 Å². The molecule has 2 rings (SSSR count). The van der Waals surface area contributed by atoms with Gasteiger partial charge in [-0.2, -0.15) is 0 Å². The average Bonchev–Trinajstić information content (AvgIpc) is 2.56. The van der Waals surface area contributed by atoms with Crippen molar-refractivity contribution in [3.05, 3.63) is 51.0 Å². The first-order chi connectivity index (χ1) is 11.9. The maximum Gasteiger partial charge on any atom is 0.224 e. The lowest BCUT2D eigenvalue weighted by Crippen LogP contribution is -2.13. The van der Waals surface area contributed by atoms with Gasteiger partial charge in [0.2, 0.25) is 5.91 Å². The summed E-state index contributed by atoms with van der Waals surface area (Å²) < 4.78 is 10.8. The fraction of sp³-hybridized carbons (Fsp3) is 0.278. The maximum absolute atomic E-state index is 12.1. The molecule has 0 aromatic heterocycles. The molecule has 1 amide bonds. The minimum Gasteiger partial charge on any atom is -0.495 e. The highest BCUT2D eigenvalue weighted by Gasteiger charge is 2.10. The Kier molecular flexibility index (Phi) is 7.24. The Bertz CT molecular complexity index is 765. The fourth-order valence-electron chi connectivity index (χ4n) is 2.15. The van der Waals surface area contributed by atoms with Crippen LogP contribution in [-0.2, 0) is 4.79 Å². The molecule has 4 nitrogen and oxygen atoms in total. The van der Waals surface area contributed by atoms with Crippen molar-refractivity contribution >= 4 is 46.4 Å². The summed E-state index contributed by atoms with van der Waals surface area (Å²) in [7, 11) is 1.53. The molecule has 0 bridgehead atoms. The number of ether oxygens (including phenoxy) is 2. The number of benzene rings is 2. The van der Waals surface area contributed by atoms with Gasteiger partial charge in [-0.05, 0) is 43.2 Å². The van der Waals surface area contributed by atoms with E-state index in [2.05, 4.69) is 5.32 Å². The van der Waals surface area contributed by atoms with Gasteiger partial charge in [0, 0.05) is 22.5 Å². The second kappa shape index (κ2) is 9.18. The maximum atomic E-state index is 12.1. The van der Waals surface area contributed by atoms with Crippen molar-refractivity contribution in [3.8, 4) is 11.5 Å². The Labute approximate surface area is 162 Å². The van der Waals surface area contributed by atoms with Gasteiger partial charge in [-0.3, -0.25) is 4.79 Å². The molecule has 0 heterocycles. The highest BCUT2D eigenvalue weighted by molar-refractivity contribution is 6.35. The minimum absolute atomic E-state index is 0.133. The number of hydrogen-bond acceptors (Lipinski definition) is 3. The summed E-state index contributed by atoms with van der Waals surface area (Å²) in [4.78, 5) is 12.1. The van der Waals surface area contributed by atoms with E-state index in [9.17, 15) is 4.79 Å². The van der Waals surface area contributed by atoms with Gasteiger partial charge in [-0.15, -0.1) is 0 Å². The molecule has 2 aromatic carbocycles. The molecule has 0 saturated carbocycles. The van der Waals surface area contributed by atoms with Crippen molar-refractivity contribution < 1.29 is 14.3 Å². The van der Waals surface area contributed by atoms with Crippen molar-refractivity contribution in [3.63, 3.8) is 0 Å². The Balaban J connectivity index is 1.84. The van der Waals surface area contributed by atoms with E-state index in [1.165, 1.54) is 7.11 Å². The van der Waals surface area contributed by atoms with E-state index in [4.69, 9.17) is 44.3 Å². The van der Waals surface area contributed by atoms with E-state index in [1.54, 1.807) is 30.3 Å². The van der Waals surface area contributed by atoms with Crippen LogP contribution in [0.25, 0.3) is 0 Å². The SMILES string of the molecule is COc1cc(Cl)c(C)cc1NC(=O)CCCOc1ccc(Cl)cc1Cl. The summed E-state index contributed by atoms with van der Waals surface area (Å²) in [5.41, 5.74) is 1.45. The Morgan fingerprint density at radius 3 is 2.52 bits per heavy atom. The molecule has 7 heteroatoms. The molecule has 134 valence electrons. The number of carbonyl (C=O) groups excluding carboxylic acids is 1. The zero-order valence-corrected chi connectivity index (χ0v) is 16.1. The van der Waals surface area contributed by atoms with Crippen molar-refractivity contribution in [1.29, 1.82) is 0 Å². The molecule has 0 atom stereocenters. The van der Waals surface area contributed by atoms with Gasteiger partial charge in [-0.25, -0.2) is 0 Å². The first-order valence-corrected chi connectivity index (χ1v) is 8.76. The monoisotopic (exact) mass is 401 g/mol. The number of hydrogen-bond donors (Lipinski definition) is 1. The Hall–Kier alpha value is -1.62. The third-order valence-electron chi connectivity index (χ3n) is 3.45. The molecule has 0 aliphatic heterocycles. The van der Waals surface area contributed by atoms with Gasteiger partial charge >= 0.3 is 0 Å². The predicted molar refractivity (Wildman–Crippen MR) is 103 cm³/mol. The smallest absolute Gasteiger partial charge is 0.224 e. The van der Waals surface area contributed by atoms with Crippen LogP contribution in [-0.4, -0.2) is 19.6 Å². The standard InChI is InChI=1S/C18H18Cl3NO3/c1-11-8-15(17(24-2)10-13(11)20)22-18(23)4-3-7-25-16-6-5-12(19)9-14(16)21/h5-6,8-10H,3-4,7H2,1-2H3,(H,22,23). The van der Waals surface area contributed by atoms with Crippen LogP contribution in [0.3, 0.4) is 0 Å². The highest BCUT2D eigenvalue weighted by Crippen LogP contribution is 2.31. The number of halogens is 3. The summed E-state index contributed by atoms with van der Waals surface area (Å²) >= 11 is 17.9. The molecule has 0 aliphatic rings. The Morgan fingerprint density at radius 2 is 1.84 bits per heavy atom. The molecule has 1 N–H and O–H groups in total. The van der Waals surface area contributed by atoms with Crippen LogP contribution >= 0.6 is 34.8 Å². The highest BCUT2D eigenvalue weighted by atomic mass is 35.5. The number of methoxy groups -OCH3 is 1. The van der Waals surface area contributed by atoms with Gasteiger partial charge < -0.3 is 14.8 Å². The first-order valence-electron chi connectivity index (χ1n) is 7.62. The van der Waals surface area contributed by atoms with E-state index in [-0.39, 0.29) is 5.91 Å². The average molecular weight is 403 g/mol. The third kappa shape index (κ3) is 5.70. The number of aryl methyl sites for hydroxylation is 1. The summed E-state index contributed by atoms with van der Waals surface area (Å²) in [6, 6.07) is 8.47. The van der Waals surface area contributed by atoms with Gasteiger partial charge in [0.05, 0.1) is 24.4 Å². The van der Waals surface area contributed by atoms with Crippen LogP contribution in [0.5, 0.6) is 11.5 Å². The van der Waals surface area contributed by atoms with Crippen molar-refractivity contribution in [1.82, 2.24) is 0 Å². The van der Waals surface area contributed by atoms with Gasteiger partial charge in [0.1, 0.15) is 11.5 Å². The molecule has 25 heavy (non-hydrogen) atoms. The number of carbonyl (C=O) groups is 1. The number of anilines is 1. The second-order valence-corrected chi connectivity index (χ2v) is 6.63. The zero-order chi connectivity index (χ0) is 18.4.